The molecule has 3 aliphatic rings. The number of hydrogen-bond donors (Lipinski definition) is 0. The Morgan fingerprint density at radius 3 is 2.91 bits per heavy atom. The average molecular weight is 311 g/mol. The first-order valence-electron chi connectivity index (χ1n) is 8.81. The SMILES string of the molecule is COc1cccc(C23CC=CCC2CN(C(=O)C2CCC2)C3)c1. The molecule has 1 aromatic rings. The van der Waals surface area contributed by atoms with Crippen LogP contribution in [0.3, 0.4) is 0 Å². The second kappa shape index (κ2) is 5.70. The normalized spacial score (nSPS) is 30.0. The number of hydrogen-bond acceptors (Lipinski definition) is 2. The summed E-state index contributed by atoms with van der Waals surface area (Å²) in [5.41, 5.74) is 1.40. The fraction of sp³-hybridized carbons (Fsp3) is 0.550. The van der Waals surface area contributed by atoms with Gasteiger partial charge in [0.15, 0.2) is 0 Å². The van der Waals surface area contributed by atoms with Crippen LogP contribution in [0.15, 0.2) is 36.4 Å². The molecule has 1 saturated heterocycles. The lowest BCUT2D eigenvalue weighted by Gasteiger charge is -2.37. The first kappa shape index (κ1) is 14.8. The first-order chi connectivity index (χ1) is 11.2. The molecule has 0 bridgehead atoms. The van der Waals surface area contributed by atoms with E-state index in [9.17, 15) is 4.79 Å². The molecule has 0 spiro atoms. The number of carbonyl (C=O) groups is 1. The molecule has 1 amide bonds. The Balaban J connectivity index is 1.65. The van der Waals surface area contributed by atoms with Gasteiger partial charge in [-0.1, -0.05) is 30.7 Å². The summed E-state index contributed by atoms with van der Waals surface area (Å²) in [6.07, 6.45) is 10.1. The largest absolute Gasteiger partial charge is 0.497 e. The van der Waals surface area contributed by atoms with Gasteiger partial charge in [0.05, 0.1) is 7.11 Å². The number of fused-ring (bicyclic) bond motifs is 1. The van der Waals surface area contributed by atoms with Crippen LogP contribution in [0.4, 0.5) is 0 Å². The Morgan fingerprint density at radius 1 is 1.30 bits per heavy atom. The zero-order valence-corrected chi connectivity index (χ0v) is 13.8. The molecule has 0 N–H and O–H groups in total. The molecule has 2 aliphatic carbocycles. The highest BCUT2D eigenvalue weighted by Crippen LogP contribution is 2.48. The minimum Gasteiger partial charge on any atom is -0.497 e. The summed E-state index contributed by atoms with van der Waals surface area (Å²) in [7, 11) is 1.72. The molecule has 122 valence electrons. The minimum absolute atomic E-state index is 0.0721. The van der Waals surface area contributed by atoms with E-state index in [1.165, 1.54) is 12.0 Å². The Hall–Kier alpha value is -1.77. The summed E-state index contributed by atoms with van der Waals surface area (Å²) in [6.45, 7) is 1.78. The maximum absolute atomic E-state index is 12.7. The summed E-state index contributed by atoms with van der Waals surface area (Å²) in [5.74, 6) is 2.14. The number of ether oxygens (including phenoxy) is 1. The third kappa shape index (κ3) is 2.37. The van der Waals surface area contributed by atoms with Crippen molar-refractivity contribution < 1.29 is 9.53 Å². The van der Waals surface area contributed by atoms with Crippen LogP contribution in [0.25, 0.3) is 0 Å². The molecule has 0 aromatic heterocycles. The number of rotatable bonds is 3. The molecule has 3 heteroatoms. The molecule has 2 atom stereocenters. The lowest BCUT2D eigenvalue weighted by molar-refractivity contribution is -0.137. The van der Waals surface area contributed by atoms with Crippen LogP contribution >= 0.6 is 0 Å². The van der Waals surface area contributed by atoms with E-state index in [1.54, 1.807) is 7.11 Å². The van der Waals surface area contributed by atoms with Gasteiger partial charge in [0.25, 0.3) is 0 Å². The number of allylic oxidation sites excluding steroid dienone is 2. The number of benzene rings is 1. The number of carbonyl (C=O) groups excluding carboxylic acids is 1. The Bertz CT molecular complexity index is 634. The highest BCUT2D eigenvalue weighted by atomic mass is 16.5. The fourth-order valence-corrected chi connectivity index (χ4v) is 4.52. The second-order valence-electron chi connectivity index (χ2n) is 7.34. The number of likely N-dealkylation sites (tertiary alicyclic amines) is 1. The minimum atomic E-state index is 0.0721. The van der Waals surface area contributed by atoms with Crippen molar-refractivity contribution in [3.63, 3.8) is 0 Å². The molecule has 3 nitrogen and oxygen atoms in total. The van der Waals surface area contributed by atoms with Crippen LogP contribution in [0, 0.1) is 11.8 Å². The van der Waals surface area contributed by atoms with Gasteiger partial charge in [0.1, 0.15) is 5.75 Å². The highest BCUT2D eigenvalue weighted by Gasteiger charge is 2.50. The molecular formula is C20H25NO2. The van der Waals surface area contributed by atoms with Crippen molar-refractivity contribution >= 4 is 5.91 Å². The lowest BCUT2D eigenvalue weighted by atomic mass is 9.67. The van der Waals surface area contributed by atoms with E-state index in [-0.39, 0.29) is 5.41 Å². The van der Waals surface area contributed by atoms with Crippen molar-refractivity contribution in [1.29, 1.82) is 0 Å². The van der Waals surface area contributed by atoms with Gasteiger partial charge in [-0.05, 0) is 49.3 Å². The van der Waals surface area contributed by atoms with E-state index in [4.69, 9.17) is 4.74 Å². The average Bonchev–Trinajstić information content (AvgIpc) is 2.94. The van der Waals surface area contributed by atoms with Crippen molar-refractivity contribution in [3.05, 3.63) is 42.0 Å². The van der Waals surface area contributed by atoms with Crippen LogP contribution in [-0.4, -0.2) is 31.0 Å². The third-order valence-corrected chi connectivity index (χ3v) is 6.18. The van der Waals surface area contributed by atoms with E-state index >= 15 is 0 Å². The molecule has 2 fully saturated rings. The van der Waals surface area contributed by atoms with Gasteiger partial charge in [-0.25, -0.2) is 0 Å². The molecule has 1 saturated carbocycles. The topological polar surface area (TPSA) is 29.5 Å². The molecule has 0 radical (unpaired) electrons. The number of amides is 1. The summed E-state index contributed by atoms with van der Waals surface area (Å²) < 4.78 is 5.43. The lowest BCUT2D eigenvalue weighted by Crippen LogP contribution is -2.40. The molecule has 1 aromatic carbocycles. The van der Waals surface area contributed by atoms with Crippen molar-refractivity contribution in [1.82, 2.24) is 4.90 Å². The van der Waals surface area contributed by atoms with Gasteiger partial charge >= 0.3 is 0 Å². The zero-order chi connectivity index (χ0) is 15.9. The molecule has 4 rings (SSSR count). The molecule has 1 heterocycles. The van der Waals surface area contributed by atoms with E-state index < -0.39 is 0 Å². The zero-order valence-electron chi connectivity index (χ0n) is 13.8. The van der Waals surface area contributed by atoms with Crippen LogP contribution in [0.2, 0.25) is 0 Å². The van der Waals surface area contributed by atoms with Gasteiger partial charge in [-0.15, -0.1) is 0 Å². The fourth-order valence-electron chi connectivity index (χ4n) is 4.52. The van der Waals surface area contributed by atoms with Crippen molar-refractivity contribution in [3.8, 4) is 5.75 Å². The van der Waals surface area contributed by atoms with Gasteiger partial charge in [0, 0.05) is 24.4 Å². The van der Waals surface area contributed by atoms with Gasteiger partial charge < -0.3 is 9.64 Å². The van der Waals surface area contributed by atoms with Crippen LogP contribution < -0.4 is 4.74 Å². The molecular weight excluding hydrogens is 286 g/mol. The summed E-state index contributed by atoms with van der Waals surface area (Å²) in [4.78, 5) is 14.9. The van der Waals surface area contributed by atoms with E-state index in [0.29, 0.717) is 17.7 Å². The first-order valence-corrected chi connectivity index (χ1v) is 8.81. The predicted octanol–water partition coefficient (Wildman–Crippen LogP) is 3.54. The standard InChI is InChI=1S/C20H25NO2/c1-23-18-10-5-9-16(12-18)20-11-3-2-8-17(20)13-21(14-20)19(22)15-6-4-7-15/h2-3,5,9-10,12,15,17H,4,6-8,11,13-14H2,1H3. The third-order valence-electron chi connectivity index (χ3n) is 6.18. The van der Waals surface area contributed by atoms with Gasteiger partial charge in [-0.3, -0.25) is 4.79 Å². The summed E-state index contributed by atoms with van der Waals surface area (Å²) in [5, 5.41) is 0. The van der Waals surface area contributed by atoms with Gasteiger partial charge in [-0.2, -0.15) is 0 Å². The molecule has 23 heavy (non-hydrogen) atoms. The number of nitrogens with zero attached hydrogens (tertiary/aromatic N) is 1. The van der Waals surface area contributed by atoms with E-state index in [2.05, 4.69) is 35.3 Å². The van der Waals surface area contributed by atoms with Crippen molar-refractivity contribution in [2.75, 3.05) is 20.2 Å². The Labute approximate surface area is 138 Å². The second-order valence-corrected chi connectivity index (χ2v) is 7.34. The Kier molecular flexibility index (Phi) is 3.67. The maximum Gasteiger partial charge on any atom is 0.225 e. The van der Waals surface area contributed by atoms with Gasteiger partial charge in [0.2, 0.25) is 5.91 Å². The monoisotopic (exact) mass is 311 g/mol. The highest BCUT2D eigenvalue weighted by molar-refractivity contribution is 5.80. The molecule has 2 unspecified atom stereocenters. The number of methoxy groups -OCH3 is 1. The Morgan fingerprint density at radius 2 is 2.17 bits per heavy atom. The summed E-state index contributed by atoms with van der Waals surface area (Å²) in [6, 6.07) is 8.46. The maximum atomic E-state index is 12.7. The van der Waals surface area contributed by atoms with E-state index in [0.717, 1.165) is 44.5 Å². The molecule has 1 aliphatic heterocycles. The predicted molar refractivity (Wildman–Crippen MR) is 90.5 cm³/mol. The van der Waals surface area contributed by atoms with Crippen LogP contribution in [-0.2, 0) is 10.2 Å². The van der Waals surface area contributed by atoms with Crippen LogP contribution in [0.1, 0.15) is 37.7 Å². The van der Waals surface area contributed by atoms with E-state index in [1.807, 2.05) is 6.07 Å². The summed E-state index contributed by atoms with van der Waals surface area (Å²) >= 11 is 0. The van der Waals surface area contributed by atoms with Crippen LogP contribution in [0.5, 0.6) is 5.75 Å². The quantitative estimate of drug-likeness (QED) is 0.799. The van der Waals surface area contributed by atoms with Crippen molar-refractivity contribution in [2.45, 2.75) is 37.5 Å². The van der Waals surface area contributed by atoms with Crippen molar-refractivity contribution in [2.24, 2.45) is 11.8 Å². The smallest absolute Gasteiger partial charge is 0.225 e.